The molecule has 0 aliphatic rings. The minimum Gasteiger partial charge on any atom is -0.493 e. The molecule has 9 nitrogen and oxygen atoms in total. The van der Waals surface area contributed by atoms with Gasteiger partial charge in [0.1, 0.15) is 5.82 Å². The summed E-state index contributed by atoms with van der Waals surface area (Å²) in [4.78, 5) is 29.3. The van der Waals surface area contributed by atoms with Crippen molar-refractivity contribution >= 4 is 39.0 Å². The van der Waals surface area contributed by atoms with E-state index in [1.54, 1.807) is 24.3 Å². The standard InChI is InChI=1S/C23H24BrN3O6/c1-13(2)22-26-17-7-6-15(24)10-16(17)23(29)27(22)25-11-14-8-18(30-3)21(19(9-14)31-4)33-12-20(28)32-5/h6-11,13H,12H2,1-5H3. The highest BCUT2D eigenvalue weighted by Crippen LogP contribution is 2.38. The highest BCUT2D eigenvalue weighted by Gasteiger charge is 2.17. The van der Waals surface area contributed by atoms with E-state index in [1.165, 1.54) is 32.2 Å². The fourth-order valence-corrected chi connectivity index (χ4v) is 3.44. The van der Waals surface area contributed by atoms with Crippen LogP contribution < -0.4 is 19.8 Å². The second-order valence-electron chi connectivity index (χ2n) is 7.27. The number of fused-ring (bicyclic) bond motifs is 1. The number of hydrogen-bond acceptors (Lipinski definition) is 8. The molecule has 33 heavy (non-hydrogen) atoms. The van der Waals surface area contributed by atoms with E-state index in [1.807, 2.05) is 19.9 Å². The van der Waals surface area contributed by atoms with Crippen LogP contribution in [-0.2, 0) is 9.53 Å². The molecule has 0 amide bonds. The molecule has 0 saturated heterocycles. The molecule has 174 valence electrons. The summed E-state index contributed by atoms with van der Waals surface area (Å²) in [6.45, 7) is 3.58. The molecule has 3 rings (SSSR count). The van der Waals surface area contributed by atoms with Crippen LogP contribution in [0.1, 0.15) is 31.2 Å². The molecule has 2 aromatic carbocycles. The summed E-state index contributed by atoms with van der Waals surface area (Å²) in [7, 11) is 4.20. The van der Waals surface area contributed by atoms with Gasteiger partial charge in [0.05, 0.1) is 38.4 Å². The summed E-state index contributed by atoms with van der Waals surface area (Å²) < 4.78 is 23.0. The summed E-state index contributed by atoms with van der Waals surface area (Å²) in [6, 6.07) is 8.67. The molecule has 0 unspecified atom stereocenters. The molecule has 0 fully saturated rings. The maximum atomic E-state index is 13.2. The number of ether oxygens (including phenoxy) is 4. The van der Waals surface area contributed by atoms with Crippen LogP contribution in [0.25, 0.3) is 10.9 Å². The van der Waals surface area contributed by atoms with E-state index in [4.69, 9.17) is 14.2 Å². The predicted octanol–water partition coefficient (Wildman–Crippen LogP) is 3.73. The van der Waals surface area contributed by atoms with E-state index in [2.05, 4.69) is 30.8 Å². The van der Waals surface area contributed by atoms with Gasteiger partial charge in [-0.2, -0.15) is 9.78 Å². The second kappa shape index (κ2) is 10.5. The third-order valence-electron chi connectivity index (χ3n) is 4.72. The first kappa shape index (κ1) is 24.2. The summed E-state index contributed by atoms with van der Waals surface area (Å²) in [6.07, 6.45) is 1.51. The highest BCUT2D eigenvalue weighted by molar-refractivity contribution is 9.10. The van der Waals surface area contributed by atoms with E-state index in [0.717, 1.165) is 4.47 Å². The summed E-state index contributed by atoms with van der Waals surface area (Å²) in [5, 5.41) is 4.87. The predicted molar refractivity (Wildman–Crippen MR) is 128 cm³/mol. The fraction of sp³-hybridized carbons (Fsp3) is 0.304. The number of methoxy groups -OCH3 is 3. The maximum absolute atomic E-state index is 13.2. The van der Waals surface area contributed by atoms with Gasteiger partial charge in [0.2, 0.25) is 5.75 Å². The quantitative estimate of drug-likeness (QED) is 0.331. The molecule has 0 spiro atoms. The Balaban J connectivity index is 2.07. The molecule has 0 N–H and O–H groups in total. The Morgan fingerprint density at radius 1 is 1.15 bits per heavy atom. The van der Waals surface area contributed by atoms with Crippen LogP contribution in [0.2, 0.25) is 0 Å². The summed E-state index contributed by atoms with van der Waals surface area (Å²) in [5.41, 5.74) is 0.914. The van der Waals surface area contributed by atoms with Crippen molar-refractivity contribution in [3.05, 3.63) is 56.5 Å². The van der Waals surface area contributed by atoms with Crippen molar-refractivity contribution in [3.63, 3.8) is 0 Å². The summed E-state index contributed by atoms with van der Waals surface area (Å²) in [5.74, 6) is 0.859. The van der Waals surface area contributed by atoms with Gasteiger partial charge in [-0.1, -0.05) is 29.8 Å². The van der Waals surface area contributed by atoms with Crippen molar-refractivity contribution in [2.24, 2.45) is 5.10 Å². The largest absolute Gasteiger partial charge is 0.493 e. The number of nitrogens with zero attached hydrogens (tertiary/aromatic N) is 3. The van der Waals surface area contributed by atoms with Gasteiger partial charge in [-0.3, -0.25) is 4.79 Å². The number of carbonyl (C=O) groups is 1. The number of rotatable bonds is 8. The van der Waals surface area contributed by atoms with Gasteiger partial charge < -0.3 is 18.9 Å². The topological polar surface area (TPSA) is 101 Å². The molecular formula is C23H24BrN3O6. The minimum absolute atomic E-state index is 0.0407. The van der Waals surface area contributed by atoms with Crippen molar-refractivity contribution in [2.45, 2.75) is 19.8 Å². The van der Waals surface area contributed by atoms with Crippen molar-refractivity contribution in [2.75, 3.05) is 27.9 Å². The minimum atomic E-state index is -0.541. The van der Waals surface area contributed by atoms with Gasteiger partial charge in [-0.25, -0.2) is 9.78 Å². The Kier molecular flexibility index (Phi) is 7.70. The zero-order valence-corrected chi connectivity index (χ0v) is 20.5. The maximum Gasteiger partial charge on any atom is 0.343 e. The molecule has 0 radical (unpaired) electrons. The van der Waals surface area contributed by atoms with Crippen molar-refractivity contribution < 1.29 is 23.7 Å². The number of halogens is 1. The van der Waals surface area contributed by atoms with E-state index in [-0.39, 0.29) is 23.8 Å². The number of carbonyl (C=O) groups excluding carboxylic acids is 1. The van der Waals surface area contributed by atoms with E-state index >= 15 is 0 Å². The Morgan fingerprint density at radius 2 is 1.82 bits per heavy atom. The molecule has 3 aromatic rings. The average Bonchev–Trinajstić information content (AvgIpc) is 2.81. The second-order valence-corrected chi connectivity index (χ2v) is 8.18. The zero-order chi connectivity index (χ0) is 24.1. The van der Waals surface area contributed by atoms with Crippen LogP contribution in [0, 0.1) is 0 Å². The monoisotopic (exact) mass is 517 g/mol. The van der Waals surface area contributed by atoms with E-state index in [0.29, 0.717) is 33.8 Å². The molecule has 0 saturated carbocycles. The Bertz CT molecular complexity index is 1240. The van der Waals surface area contributed by atoms with Crippen LogP contribution in [0.5, 0.6) is 17.2 Å². The lowest BCUT2D eigenvalue weighted by Crippen LogP contribution is -2.23. The SMILES string of the molecule is COC(=O)COc1c(OC)cc(C=Nn2c(C(C)C)nc3ccc(Br)cc3c2=O)cc1OC. The molecular weight excluding hydrogens is 494 g/mol. The van der Waals surface area contributed by atoms with Crippen molar-refractivity contribution in [3.8, 4) is 17.2 Å². The normalized spacial score (nSPS) is 11.2. The van der Waals surface area contributed by atoms with Crippen molar-refractivity contribution in [1.29, 1.82) is 0 Å². The number of esters is 1. The lowest BCUT2D eigenvalue weighted by molar-refractivity contribution is -0.142. The van der Waals surface area contributed by atoms with Gasteiger partial charge in [0, 0.05) is 16.0 Å². The average molecular weight is 518 g/mol. The van der Waals surface area contributed by atoms with Crippen LogP contribution >= 0.6 is 15.9 Å². The Hall–Kier alpha value is -3.40. The van der Waals surface area contributed by atoms with Crippen LogP contribution in [0.15, 0.2) is 44.7 Å². The summed E-state index contributed by atoms with van der Waals surface area (Å²) >= 11 is 3.40. The first-order valence-electron chi connectivity index (χ1n) is 10.0. The zero-order valence-electron chi connectivity index (χ0n) is 18.9. The van der Waals surface area contributed by atoms with Gasteiger partial charge in [-0.05, 0) is 30.3 Å². The lowest BCUT2D eigenvalue weighted by atomic mass is 10.2. The third-order valence-corrected chi connectivity index (χ3v) is 5.21. The Morgan fingerprint density at radius 3 is 2.39 bits per heavy atom. The molecule has 0 atom stereocenters. The number of benzene rings is 2. The van der Waals surface area contributed by atoms with E-state index < -0.39 is 5.97 Å². The van der Waals surface area contributed by atoms with Crippen molar-refractivity contribution in [1.82, 2.24) is 9.66 Å². The molecule has 0 bridgehead atoms. The van der Waals surface area contributed by atoms with Crippen LogP contribution in [-0.4, -0.2) is 49.8 Å². The smallest absolute Gasteiger partial charge is 0.343 e. The fourth-order valence-electron chi connectivity index (χ4n) is 3.08. The molecule has 0 aliphatic carbocycles. The first-order chi connectivity index (χ1) is 15.8. The van der Waals surface area contributed by atoms with Gasteiger partial charge >= 0.3 is 5.97 Å². The van der Waals surface area contributed by atoms with Gasteiger partial charge in [0.15, 0.2) is 18.1 Å². The van der Waals surface area contributed by atoms with Gasteiger partial charge in [-0.15, -0.1) is 0 Å². The lowest BCUT2D eigenvalue weighted by Gasteiger charge is -2.15. The highest BCUT2D eigenvalue weighted by atomic mass is 79.9. The van der Waals surface area contributed by atoms with Crippen LogP contribution in [0.3, 0.4) is 0 Å². The molecule has 1 heterocycles. The van der Waals surface area contributed by atoms with Crippen LogP contribution in [0.4, 0.5) is 0 Å². The Labute approximate surface area is 199 Å². The number of aromatic nitrogens is 2. The number of hydrogen-bond donors (Lipinski definition) is 0. The third kappa shape index (κ3) is 5.33. The first-order valence-corrected chi connectivity index (χ1v) is 10.8. The van der Waals surface area contributed by atoms with E-state index in [9.17, 15) is 9.59 Å². The molecule has 10 heteroatoms. The molecule has 0 aliphatic heterocycles. The van der Waals surface area contributed by atoms with Gasteiger partial charge in [0.25, 0.3) is 5.56 Å². The molecule has 1 aromatic heterocycles.